The van der Waals surface area contributed by atoms with Gasteiger partial charge < -0.3 is 20.3 Å². The second-order valence-corrected chi connectivity index (χ2v) is 4.46. The molecule has 100 valence electrons. The van der Waals surface area contributed by atoms with Crippen LogP contribution in [0.5, 0.6) is 11.5 Å². The minimum atomic E-state index is -1.02. The monoisotopic (exact) mass is 317 g/mol. The first-order valence-corrected chi connectivity index (χ1v) is 6.54. The third-order valence-electron chi connectivity index (χ3n) is 2.34. The number of aliphatic carboxylic acids is 1. The van der Waals surface area contributed by atoms with Crippen LogP contribution in [-0.4, -0.2) is 36.2 Å². The van der Waals surface area contributed by atoms with Crippen LogP contribution in [0.25, 0.3) is 0 Å². The number of carboxylic acid groups (broad SMARTS) is 1. The van der Waals surface area contributed by atoms with E-state index in [1.807, 2.05) is 0 Å². The molecule has 6 heteroatoms. The van der Waals surface area contributed by atoms with Crippen molar-refractivity contribution in [3.8, 4) is 11.5 Å². The quantitative estimate of drug-likeness (QED) is 0.743. The van der Waals surface area contributed by atoms with Gasteiger partial charge in [0.15, 0.2) is 11.5 Å². The zero-order valence-electron chi connectivity index (χ0n) is 10.1. The van der Waals surface area contributed by atoms with Crippen molar-refractivity contribution in [3.05, 3.63) is 23.8 Å². The number of hydrogen-bond donors (Lipinski definition) is 2. The van der Waals surface area contributed by atoms with Crippen molar-refractivity contribution < 1.29 is 19.4 Å². The first-order valence-electron chi connectivity index (χ1n) is 5.42. The molecule has 1 rings (SSSR count). The van der Waals surface area contributed by atoms with Crippen molar-refractivity contribution in [1.29, 1.82) is 0 Å². The first-order chi connectivity index (χ1) is 8.58. The lowest BCUT2D eigenvalue weighted by Crippen LogP contribution is -2.32. The minimum absolute atomic E-state index is 0.254. The minimum Gasteiger partial charge on any atom is -0.493 e. The highest BCUT2D eigenvalue weighted by molar-refractivity contribution is 9.09. The second kappa shape index (κ2) is 7.23. The van der Waals surface area contributed by atoms with Gasteiger partial charge >= 0.3 is 5.97 Å². The summed E-state index contributed by atoms with van der Waals surface area (Å²) in [6, 6.07) is 4.37. The Morgan fingerprint density at radius 1 is 1.50 bits per heavy atom. The molecule has 0 aromatic heterocycles. The SMILES string of the molecule is COc1cc(CC(N)C(=O)O)ccc1OCCBr. The molecule has 3 N–H and O–H groups in total. The summed E-state index contributed by atoms with van der Waals surface area (Å²) in [6.45, 7) is 0.532. The predicted molar refractivity (Wildman–Crippen MR) is 71.6 cm³/mol. The van der Waals surface area contributed by atoms with Gasteiger partial charge in [0.25, 0.3) is 0 Å². The number of carboxylic acids is 1. The number of methoxy groups -OCH3 is 1. The lowest BCUT2D eigenvalue weighted by molar-refractivity contribution is -0.138. The molecule has 0 aliphatic heterocycles. The van der Waals surface area contributed by atoms with E-state index in [4.69, 9.17) is 20.3 Å². The van der Waals surface area contributed by atoms with Gasteiger partial charge in [-0.1, -0.05) is 22.0 Å². The summed E-state index contributed by atoms with van der Waals surface area (Å²) in [5.74, 6) is 0.184. The average Bonchev–Trinajstić information content (AvgIpc) is 2.36. The zero-order valence-corrected chi connectivity index (χ0v) is 11.6. The van der Waals surface area contributed by atoms with Crippen LogP contribution in [-0.2, 0) is 11.2 Å². The van der Waals surface area contributed by atoms with Crippen molar-refractivity contribution >= 4 is 21.9 Å². The molecule has 1 unspecified atom stereocenters. The number of carbonyl (C=O) groups is 1. The Balaban J connectivity index is 2.81. The van der Waals surface area contributed by atoms with E-state index in [2.05, 4.69) is 15.9 Å². The molecule has 0 amide bonds. The molecule has 0 spiro atoms. The van der Waals surface area contributed by atoms with Crippen molar-refractivity contribution in [2.45, 2.75) is 12.5 Å². The van der Waals surface area contributed by atoms with Gasteiger partial charge in [0, 0.05) is 5.33 Å². The number of rotatable bonds is 7. The number of halogens is 1. The summed E-state index contributed by atoms with van der Waals surface area (Å²) < 4.78 is 10.7. The van der Waals surface area contributed by atoms with E-state index in [1.54, 1.807) is 18.2 Å². The molecule has 18 heavy (non-hydrogen) atoms. The summed E-state index contributed by atoms with van der Waals surface area (Å²) in [6.07, 6.45) is 0.254. The fourth-order valence-corrected chi connectivity index (χ4v) is 1.61. The number of nitrogens with two attached hydrogens (primary N) is 1. The maximum atomic E-state index is 10.7. The molecular formula is C12H16BrNO4. The van der Waals surface area contributed by atoms with Gasteiger partial charge in [-0.2, -0.15) is 0 Å². The fourth-order valence-electron chi connectivity index (χ4n) is 1.45. The highest BCUT2D eigenvalue weighted by Crippen LogP contribution is 2.28. The van der Waals surface area contributed by atoms with E-state index in [-0.39, 0.29) is 6.42 Å². The van der Waals surface area contributed by atoms with Gasteiger partial charge in [0.1, 0.15) is 6.04 Å². The molecule has 0 saturated carbocycles. The van der Waals surface area contributed by atoms with Crippen LogP contribution in [0.2, 0.25) is 0 Å². The van der Waals surface area contributed by atoms with E-state index < -0.39 is 12.0 Å². The van der Waals surface area contributed by atoms with Crippen LogP contribution in [0.15, 0.2) is 18.2 Å². The molecular weight excluding hydrogens is 302 g/mol. The molecule has 0 saturated heterocycles. The molecule has 1 atom stereocenters. The van der Waals surface area contributed by atoms with Gasteiger partial charge in [0.05, 0.1) is 13.7 Å². The van der Waals surface area contributed by atoms with E-state index in [9.17, 15) is 4.79 Å². The second-order valence-electron chi connectivity index (χ2n) is 3.67. The number of ether oxygens (including phenoxy) is 2. The Hall–Kier alpha value is -1.27. The number of alkyl halides is 1. The molecule has 0 aliphatic rings. The predicted octanol–water partition coefficient (Wildman–Crippen LogP) is 1.42. The highest BCUT2D eigenvalue weighted by Gasteiger charge is 2.13. The molecule has 1 aromatic carbocycles. The van der Waals surface area contributed by atoms with E-state index in [0.717, 1.165) is 10.9 Å². The highest BCUT2D eigenvalue weighted by atomic mass is 79.9. The molecule has 0 radical (unpaired) electrons. The van der Waals surface area contributed by atoms with E-state index in [0.29, 0.717) is 18.1 Å². The van der Waals surface area contributed by atoms with E-state index >= 15 is 0 Å². The van der Waals surface area contributed by atoms with Crippen LogP contribution in [0.4, 0.5) is 0 Å². The lowest BCUT2D eigenvalue weighted by Gasteiger charge is -2.12. The maximum Gasteiger partial charge on any atom is 0.320 e. The van der Waals surface area contributed by atoms with Crippen LogP contribution in [0, 0.1) is 0 Å². The summed E-state index contributed by atoms with van der Waals surface area (Å²) in [5.41, 5.74) is 6.28. The summed E-state index contributed by atoms with van der Waals surface area (Å²) in [5, 5.41) is 9.48. The van der Waals surface area contributed by atoms with Crippen LogP contribution < -0.4 is 15.2 Å². The molecule has 1 aromatic rings. The summed E-state index contributed by atoms with van der Waals surface area (Å²) in [4.78, 5) is 10.7. The fraction of sp³-hybridized carbons (Fsp3) is 0.417. The molecule has 5 nitrogen and oxygen atoms in total. The normalized spacial score (nSPS) is 11.9. The van der Waals surface area contributed by atoms with Crippen LogP contribution >= 0.6 is 15.9 Å². The van der Waals surface area contributed by atoms with Gasteiger partial charge in [-0.25, -0.2) is 0 Å². The molecule has 0 aliphatic carbocycles. The standard InChI is InChI=1S/C12H16BrNO4/c1-17-11-7-8(6-9(14)12(15)16)2-3-10(11)18-5-4-13/h2-3,7,9H,4-6,14H2,1H3,(H,15,16). The van der Waals surface area contributed by atoms with Crippen molar-refractivity contribution in [1.82, 2.24) is 0 Å². The third kappa shape index (κ3) is 4.19. The Labute approximate surface area is 114 Å². The van der Waals surface area contributed by atoms with Gasteiger partial charge in [-0.05, 0) is 24.1 Å². The smallest absolute Gasteiger partial charge is 0.320 e. The zero-order chi connectivity index (χ0) is 13.5. The molecule has 0 heterocycles. The molecule has 0 fully saturated rings. The Bertz CT molecular complexity index is 411. The number of benzene rings is 1. The summed E-state index contributed by atoms with van der Waals surface area (Å²) >= 11 is 3.27. The molecule has 0 bridgehead atoms. The van der Waals surface area contributed by atoms with Gasteiger partial charge in [-0.3, -0.25) is 4.79 Å². The summed E-state index contributed by atoms with van der Waals surface area (Å²) in [7, 11) is 1.54. The largest absolute Gasteiger partial charge is 0.493 e. The van der Waals surface area contributed by atoms with E-state index in [1.165, 1.54) is 7.11 Å². The lowest BCUT2D eigenvalue weighted by atomic mass is 10.1. The Kier molecular flexibility index (Phi) is 5.94. The first kappa shape index (κ1) is 14.8. The van der Waals surface area contributed by atoms with Crippen LogP contribution in [0.3, 0.4) is 0 Å². The van der Waals surface area contributed by atoms with Crippen LogP contribution in [0.1, 0.15) is 5.56 Å². The van der Waals surface area contributed by atoms with Gasteiger partial charge in [0.2, 0.25) is 0 Å². The van der Waals surface area contributed by atoms with Crippen molar-refractivity contribution in [2.75, 3.05) is 19.0 Å². The Morgan fingerprint density at radius 3 is 2.78 bits per heavy atom. The third-order valence-corrected chi connectivity index (χ3v) is 2.66. The van der Waals surface area contributed by atoms with Crippen molar-refractivity contribution in [2.24, 2.45) is 5.73 Å². The topological polar surface area (TPSA) is 81.8 Å². The average molecular weight is 318 g/mol. The van der Waals surface area contributed by atoms with Crippen molar-refractivity contribution in [3.63, 3.8) is 0 Å². The van der Waals surface area contributed by atoms with Gasteiger partial charge in [-0.15, -0.1) is 0 Å². The Morgan fingerprint density at radius 2 is 2.22 bits per heavy atom. The number of hydrogen-bond acceptors (Lipinski definition) is 4. The maximum absolute atomic E-state index is 10.7.